The lowest BCUT2D eigenvalue weighted by Crippen LogP contribution is -2.32. The van der Waals surface area contributed by atoms with Crippen molar-refractivity contribution < 1.29 is 23.1 Å². The summed E-state index contributed by atoms with van der Waals surface area (Å²) in [7, 11) is 2.57. The van der Waals surface area contributed by atoms with Gasteiger partial charge in [-0.1, -0.05) is 12.1 Å². The number of esters is 1. The summed E-state index contributed by atoms with van der Waals surface area (Å²) in [6, 6.07) is 6.35. The number of para-hydroxylation sites is 1. The predicted octanol–water partition coefficient (Wildman–Crippen LogP) is 2.81. The lowest BCUT2D eigenvalue weighted by atomic mass is 10.1. The monoisotopic (exact) mass is 337 g/mol. The first-order chi connectivity index (χ1) is 11.4. The van der Waals surface area contributed by atoms with Crippen molar-refractivity contribution >= 4 is 17.6 Å². The number of anilines is 1. The van der Waals surface area contributed by atoms with E-state index in [4.69, 9.17) is 4.74 Å². The van der Waals surface area contributed by atoms with Crippen LogP contribution >= 0.6 is 0 Å². The van der Waals surface area contributed by atoms with Crippen molar-refractivity contribution in [2.75, 3.05) is 18.6 Å². The highest BCUT2D eigenvalue weighted by atomic mass is 19.3. The van der Waals surface area contributed by atoms with E-state index < -0.39 is 24.0 Å². The summed E-state index contributed by atoms with van der Waals surface area (Å²) in [5, 5.41) is 3.74. The van der Waals surface area contributed by atoms with Crippen molar-refractivity contribution in [1.82, 2.24) is 9.78 Å². The number of rotatable bonds is 5. The molecule has 128 valence electrons. The van der Waals surface area contributed by atoms with Crippen LogP contribution in [0.2, 0.25) is 0 Å². The Kier molecular flexibility index (Phi) is 5.28. The second-order valence-corrected chi connectivity index (χ2v) is 4.93. The Morgan fingerprint density at radius 1 is 1.29 bits per heavy atom. The van der Waals surface area contributed by atoms with Crippen molar-refractivity contribution in [3.63, 3.8) is 0 Å². The standard InChI is InChI=1S/C16H17F2N3O3/c1-4-21(12-8-6-5-7-10(12)16(23)24-3)15(22)11-9-19-20(2)13(11)14(17)18/h5-9,14H,4H2,1-3H3. The van der Waals surface area contributed by atoms with Crippen LogP contribution in [-0.2, 0) is 11.8 Å². The van der Waals surface area contributed by atoms with E-state index >= 15 is 0 Å². The van der Waals surface area contributed by atoms with Crippen molar-refractivity contribution in [2.45, 2.75) is 13.3 Å². The maximum atomic E-state index is 13.2. The summed E-state index contributed by atoms with van der Waals surface area (Å²) in [4.78, 5) is 25.9. The van der Waals surface area contributed by atoms with E-state index in [0.29, 0.717) is 5.69 Å². The molecule has 2 rings (SSSR count). The number of carbonyl (C=O) groups is 2. The molecule has 0 unspecified atom stereocenters. The molecule has 1 aromatic carbocycles. The molecule has 0 aliphatic rings. The van der Waals surface area contributed by atoms with Gasteiger partial charge in [-0.25, -0.2) is 13.6 Å². The molecule has 0 saturated carbocycles. The topological polar surface area (TPSA) is 64.4 Å². The van der Waals surface area contributed by atoms with Gasteiger partial charge in [0.15, 0.2) is 0 Å². The second-order valence-electron chi connectivity index (χ2n) is 4.93. The van der Waals surface area contributed by atoms with Crippen molar-refractivity contribution in [3.8, 4) is 0 Å². The molecule has 0 bridgehead atoms. The highest BCUT2D eigenvalue weighted by Crippen LogP contribution is 2.27. The second kappa shape index (κ2) is 7.20. The average molecular weight is 337 g/mol. The number of hydrogen-bond donors (Lipinski definition) is 0. The van der Waals surface area contributed by atoms with Crippen molar-refractivity contribution in [3.05, 3.63) is 47.3 Å². The normalized spacial score (nSPS) is 10.8. The number of benzene rings is 1. The highest BCUT2D eigenvalue weighted by molar-refractivity contribution is 6.10. The van der Waals surface area contributed by atoms with Crippen LogP contribution in [0.4, 0.5) is 14.5 Å². The van der Waals surface area contributed by atoms with Gasteiger partial charge in [-0.05, 0) is 19.1 Å². The first-order valence-corrected chi connectivity index (χ1v) is 7.21. The minimum Gasteiger partial charge on any atom is -0.465 e. The average Bonchev–Trinajstić information content (AvgIpc) is 2.97. The third-order valence-corrected chi connectivity index (χ3v) is 3.58. The van der Waals surface area contributed by atoms with Gasteiger partial charge >= 0.3 is 5.97 Å². The van der Waals surface area contributed by atoms with E-state index in [1.165, 1.54) is 25.1 Å². The molecule has 0 fully saturated rings. The molecule has 0 atom stereocenters. The summed E-state index contributed by atoms with van der Waals surface area (Å²) in [6.45, 7) is 1.87. The molecule has 1 amide bonds. The van der Waals surface area contributed by atoms with Gasteiger partial charge in [0.25, 0.3) is 12.3 Å². The van der Waals surface area contributed by atoms with E-state index in [1.807, 2.05) is 0 Å². The fourth-order valence-corrected chi connectivity index (χ4v) is 2.43. The molecule has 0 saturated heterocycles. The summed E-state index contributed by atoms with van der Waals surface area (Å²) in [5.41, 5.74) is -0.193. The van der Waals surface area contributed by atoms with Gasteiger partial charge in [0.05, 0.1) is 30.1 Å². The van der Waals surface area contributed by atoms with Crippen LogP contribution in [0.25, 0.3) is 0 Å². The van der Waals surface area contributed by atoms with Gasteiger partial charge in [0.1, 0.15) is 5.69 Å². The van der Waals surface area contributed by atoms with E-state index in [1.54, 1.807) is 25.1 Å². The van der Waals surface area contributed by atoms with Gasteiger partial charge < -0.3 is 9.64 Å². The number of alkyl halides is 2. The molecule has 0 spiro atoms. The van der Waals surface area contributed by atoms with Crippen LogP contribution in [0.3, 0.4) is 0 Å². The molecule has 0 N–H and O–H groups in total. The number of nitrogens with zero attached hydrogens (tertiary/aromatic N) is 3. The van der Waals surface area contributed by atoms with E-state index in [9.17, 15) is 18.4 Å². The van der Waals surface area contributed by atoms with Crippen LogP contribution in [0, 0.1) is 0 Å². The smallest absolute Gasteiger partial charge is 0.339 e. The molecule has 0 aliphatic heterocycles. The van der Waals surface area contributed by atoms with Crippen molar-refractivity contribution in [2.24, 2.45) is 7.05 Å². The Balaban J connectivity index is 2.51. The highest BCUT2D eigenvalue weighted by Gasteiger charge is 2.28. The molecule has 1 aromatic heterocycles. The van der Waals surface area contributed by atoms with Crippen LogP contribution in [0.15, 0.2) is 30.5 Å². The summed E-state index contributed by atoms with van der Waals surface area (Å²) >= 11 is 0. The molecule has 1 heterocycles. The van der Waals surface area contributed by atoms with Crippen molar-refractivity contribution in [1.29, 1.82) is 0 Å². The van der Waals surface area contributed by atoms with Gasteiger partial charge in [-0.15, -0.1) is 0 Å². The molecule has 0 aliphatic carbocycles. The predicted molar refractivity (Wildman–Crippen MR) is 83.3 cm³/mol. The fourth-order valence-electron chi connectivity index (χ4n) is 2.43. The number of aryl methyl sites for hydroxylation is 1. The minimum absolute atomic E-state index is 0.178. The Bertz CT molecular complexity index is 759. The third kappa shape index (κ3) is 3.12. The molecule has 6 nitrogen and oxygen atoms in total. The molecule has 2 aromatic rings. The summed E-state index contributed by atoms with van der Waals surface area (Å²) in [5.74, 6) is -1.27. The van der Waals surface area contributed by atoms with Crippen LogP contribution in [0.5, 0.6) is 0 Å². The zero-order valence-corrected chi connectivity index (χ0v) is 13.5. The number of amides is 1. The zero-order valence-electron chi connectivity index (χ0n) is 13.5. The minimum atomic E-state index is -2.84. The van der Waals surface area contributed by atoms with E-state index in [-0.39, 0.29) is 17.7 Å². The summed E-state index contributed by atoms with van der Waals surface area (Å²) < 4.78 is 32.1. The lowest BCUT2D eigenvalue weighted by molar-refractivity contribution is 0.0601. The number of methoxy groups -OCH3 is 1. The largest absolute Gasteiger partial charge is 0.465 e. The number of aromatic nitrogens is 2. The lowest BCUT2D eigenvalue weighted by Gasteiger charge is -2.23. The first kappa shape index (κ1) is 17.6. The molecule has 24 heavy (non-hydrogen) atoms. The van der Waals surface area contributed by atoms with Crippen LogP contribution < -0.4 is 4.90 Å². The number of halogens is 2. The first-order valence-electron chi connectivity index (χ1n) is 7.21. The molecular weight excluding hydrogens is 320 g/mol. The van der Waals surface area contributed by atoms with Gasteiger partial charge in [0, 0.05) is 13.6 Å². The molecular formula is C16H17F2N3O3. The molecule has 8 heteroatoms. The number of hydrogen-bond acceptors (Lipinski definition) is 4. The molecule has 0 radical (unpaired) electrons. The fraction of sp³-hybridized carbons (Fsp3) is 0.312. The third-order valence-electron chi connectivity index (χ3n) is 3.58. The van der Waals surface area contributed by atoms with Gasteiger partial charge in [-0.3, -0.25) is 9.48 Å². The van der Waals surface area contributed by atoms with E-state index in [2.05, 4.69) is 5.10 Å². The Morgan fingerprint density at radius 2 is 1.96 bits per heavy atom. The number of ether oxygens (including phenoxy) is 1. The zero-order chi connectivity index (χ0) is 17.9. The Hall–Kier alpha value is -2.77. The Morgan fingerprint density at radius 3 is 2.54 bits per heavy atom. The summed E-state index contributed by atoms with van der Waals surface area (Å²) in [6.07, 6.45) is -1.74. The maximum Gasteiger partial charge on any atom is 0.339 e. The maximum absolute atomic E-state index is 13.2. The quantitative estimate of drug-likeness (QED) is 0.787. The van der Waals surface area contributed by atoms with Gasteiger partial charge in [0.2, 0.25) is 0 Å². The van der Waals surface area contributed by atoms with Crippen LogP contribution in [0.1, 0.15) is 39.8 Å². The SMILES string of the molecule is CCN(C(=O)c1cnn(C)c1C(F)F)c1ccccc1C(=O)OC. The van der Waals surface area contributed by atoms with Gasteiger partial charge in [-0.2, -0.15) is 5.10 Å². The van der Waals surface area contributed by atoms with Crippen LogP contribution in [-0.4, -0.2) is 35.3 Å². The number of carbonyl (C=O) groups excluding carboxylic acids is 2. The van der Waals surface area contributed by atoms with E-state index in [0.717, 1.165) is 10.9 Å². The Labute approximate surface area is 137 Å².